The fourth-order valence-electron chi connectivity index (χ4n) is 5.01. The topological polar surface area (TPSA) is 123 Å². The fraction of sp³-hybridized carbons (Fsp3) is 0.440. The molecule has 11 heteroatoms. The molecule has 190 valence electrons. The molecule has 0 saturated carbocycles. The Kier molecular flexibility index (Phi) is 5.73. The summed E-state index contributed by atoms with van der Waals surface area (Å²) < 4.78 is 31.9. The number of likely N-dealkylation sites (tertiary alicyclic amines) is 1. The third-order valence-electron chi connectivity index (χ3n) is 6.57. The van der Waals surface area contributed by atoms with Gasteiger partial charge in [-0.05, 0) is 50.6 Å². The number of carbonyl (C=O) groups is 2. The molecule has 0 aliphatic carbocycles. The van der Waals surface area contributed by atoms with Gasteiger partial charge in [0.1, 0.15) is 29.6 Å². The summed E-state index contributed by atoms with van der Waals surface area (Å²) in [5, 5.41) is 12.2. The molecule has 1 spiro atoms. The Bertz CT molecular complexity index is 1250. The first kappa shape index (κ1) is 23.8. The zero-order valence-electron chi connectivity index (χ0n) is 20.2. The number of hydrogen-bond donors (Lipinski definition) is 2. The number of aromatic nitrogens is 1. The second-order valence-corrected chi connectivity index (χ2v) is 10.1. The molecule has 3 atom stereocenters. The molecule has 10 nitrogen and oxygen atoms in total. The van der Waals surface area contributed by atoms with Crippen molar-refractivity contribution in [1.29, 1.82) is 0 Å². The number of ether oxygens (including phenoxy) is 3. The van der Waals surface area contributed by atoms with Crippen LogP contribution in [0.3, 0.4) is 0 Å². The summed E-state index contributed by atoms with van der Waals surface area (Å²) in [7, 11) is 0. The SMILES string of the molecule is CC(C)(C)OC(=O)NC1=NC2(CO1)c1cc(-c3cccnc3F)ccc1OC1CCN(C(=O)O)CC12. The van der Waals surface area contributed by atoms with Crippen molar-refractivity contribution in [2.75, 3.05) is 19.7 Å². The highest BCUT2D eigenvalue weighted by Gasteiger charge is 2.56. The Morgan fingerprint density at radius 2 is 2.11 bits per heavy atom. The number of pyridine rings is 1. The Hall–Kier alpha value is -3.89. The number of alkyl carbamates (subject to hydrolysis) is 1. The average Bonchev–Trinajstić information content (AvgIpc) is 3.22. The van der Waals surface area contributed by atoms with Gasteiger partial charge in [-0.25, -0.2) is 24.9 Å². The summed E-state index contributed by atoms with van der Waals surface area (Å²) >= 11 is 0. The van der Waals surface area contributed by atoms with Crippen LogP contribution in [0.1, 0.15) is 32.8 Å². The van der Waals surface area contributed by atoms with E-state index in [0.29, 0.717) is 35.4 Å². The van der Waals surface area contributed by atoms with Crippen LogP contribution >= 0.6 is 0 Å². The summed E-state index contributed by atoms with van der Waals surface area (Å²) in [4.78, 5) is 34.0. The third-order valence-corrected chi connectivity index (χ3v) is 6.57. The second kappa shape index (κ2) is 8.65. The summed E-state index contributed by atoms with van der Waals surface area (Å²) in [6.45, 7) is 5.76. The van der Waals surface area contributed by atoms with E-state index in [1.165, 1.54) is 11.1 Å². The first-order chi connectivity index (χ1) is 17.1. The minimum atomic E-state index is -1.06. The number of hydrogen-bond acceptors (Lipinski definition) is 7. The maximum atomic E-state index is 14.5. The van der Waals surface area contributed by atoms with E-state index in [0.717, 1.165) is 0 Å². The molecule has 1 aromatic heterocycles. The molecule has 3 unspecified atom stereocenters. The van der Waals surface area contributed by atoms with Crippen molar-refractivity contribution in [3.8, 4) is 16.9 Å². The van der Waals surface area contributed by atoms with Crippen LogP contribution in [-0.2, 0) is 15.0 Å². The van der Waals surface area contributed by atoms with E-state index in [2.05, 4.69) is 10.3 Å². The molecule has 2 N–H and O–H groups in total. The lowest BCUT2D eigenvalue weighted by atomic mass is 9.71. The summed E-state index contributed by atoms with van der Waals surface area (Å²) in [5.74, 6) is -0.463. The zero-order chi connectivity index (χ0) is 25.7. The van der Waals surface area contributed by atoms with Gasteiger partial charge in [0, 0.05) is 42.8 Å². The fourth-order valence-corrected chi connectivity index (χ4v) is 5.01. The monoisotopic (exact) mass is 498 g/mol. The number of carbonyl (C=O) groups excluding carboxylic acids is 1. The second-order valence-electron chi connectivity index (χ2n) is 10.1. The molecule has 3 aliphatic heterocycles. The number of fused-ring (bicyclic) bond motifs is 4. The van der Waals surface area contributed by atoms with Gasteiger partial charge >= 0.3 is 12.2 Å². The van der Waals surface area contributed by atoms with Gasteiger partial charge in [-0.2, -0.15) is 4.39 Å². The van der Waals surface area contributed by atoms with E-state index < -0.39 is 35.2 Å². The number of amidine groups is 1. The standard InChI is InChI=1S/C25H27FN4O6/c1-24(2,3)36-22(31)28-21-29-25(13-34-21)16-11-14(15-5-4-9-27-20(15)26)6-7-18(16)35-19-8-10-30(23(32)33)12-17(19)25/h4-7,9,11,17,19H,8,10,12-13H2,1-3H3,(H,32,33)(H,28,29,31). The maximum absolute atomic E-state index is 14.5. The number of carboxylic acid groups (broad SMARTS) is 1. The van der Waals surface area contributed by atoms with Gasteiger partial charge in [0.05, 0.1) is 0 Å². The molecule has 1 saturated heterocycles. The van der Waals surface area contributed by atoms with Crippen LogP contribution in [-0.4, -0.2) is 64.6 Å². The van der Waals surface area contributed by atoms with Crippen molar-refractivity contribution in [2.24, 2.45) is 10.9 Å². The summed E-state index contributed by atoms with van der Waals surface area (Å²) in [5.41, 5.74) is -0.284. The Morgan fingerprint density at radius 1 is 1.31 bits per heavy atom. The van der Waals surface area contributed by atoms with Crippen molar-refractivity contribution in [3.63, 3.8) is 0 Å². The highest BCUT2D eigenvalue weighted by atomic mass is 19.1. The number of nitrogens with one attached hydrogen (secondary N) is 1. The zero-order valence-corrected chi connectivity index (χ0v) is 20.2. The molecule has 1 aromatic carbocycles. The van der Waals surface area contributed by atoms with Crippen LogP contribution in [0, 0.1) is 11.9 Å². The molecule has 0 radical (unpaired) electrons. The Labute approximate surface area is 207 Å². The number of rotatable bonds is 1. The van der Waals surface area contributed by atoms with Gasteiger partial charge in [0.25, 0.3) is 6.02 Å². The first-order valence-corrected chi connectivity index (χ1v) is 11.7. The minimum absolute atomic E-state index is 0.0266. The largest absolute Gasteiger partial charge is 0.490 e. The predicted octanol–water partition coefficient (Wildman–Crippen LogP) is 3.75. The molecule has 36 heavy (non-hydrogen) atoms. The highest BCUT2D eigenvalue weighted by molar-refractivity contribution is 5.92. The minimum Gasteiger partial charge on any atom is -0.490 e. The van der Waals surface area contributed by atoms with Crippen LogP contribution in [0.4, 0.5) is 14.0 Å². The summed E-state index contributed by atoms with van der Waals surface area (Å²) in [6, 6.07) is 8.52. The molecule has 4 heterocycles. The number of halogens is 1. The number of benzene rings is 1. The van der Waals surface area contributed by atoms with E-state index >= 15 is 0 Å². The normalized spacial score (nSPS) is 24.7. The molecule has 0 bridgehead atoms. The van der Waals surface area contributed by atoms with Crippen LogP contribution in [0.25, 0.3) is 11.1 Å². The molecule has 2 amide bonds. The van der Waals surface area contributed by atoms with Crippen LogP contribution in [0.15, 0.2) is 41.5 Å². The molecule has 5 rings (SSSR count). The average molecular weight is 499 g/mol. The molecular formula is C25H27FN4O6. The van der Waals surface area contributed by atoms with E-state index in [-0.39, 0.29) is 25.3 Å². The van der Waals surface area contributed by atoms with E-state index in [9.17, 15) is 19.1 Å². The summed E-state index contributed by atoms with van der Waals surface area (Å²) in [6.07, 6.45) is -0.220. The van der Waals surface area contributed by atoms with Crippen molar-refractivity contribution in [2.45, 2.75) is 44.4 Å². The molecular weight excluding hydrogens is 471 g/mol. The van der Waals surface area contributed by atoms with E-state index in [1.54, 1.807) is 51.1 Å². The van der Waals surface area contributed by atoms with E-state index in [1.807, 2.05) is 0 Å². The van der Waals surface area contributed by atoms with Crippen molar-refractivity contribution in [1.82, 2.24) is 15.2 Å². The molecule has 3 aliphatic rings. The first-order valence-electron chi connectivity index (χ1n) is 11.7. The van der Waals surface area contributed by atoms with Gasteiger partial charge in [0.15, 0.2) is 0 Å². The smallest absolute Gasteiger partial charge is 0.415 e. The predicted molar refractivity (Wildman–Crippen MR) is 126 cm³/mol. The van der Waals surface area contributed by atoms with E-state index in [4.69, 9.17) is 19.2 Å². The number of piperidine rings is 1. The van der Waals surface area contributed by atoms with Crippen LogP contribution in [0.5, 0.6) is 5.75 Å². The maximum Gasteiger partial charge on any atom is 0.415 e. The lowest BCUT2D eigenvalue weighted by Gasteiger charge is -2.48. The van der Waals surface area contributed by atoms with Gasteiger partial charge in [-0.1, -0.05) is 6.07 Å². The van der Waals surface area contributed by atoms with Crippen molar-refractivity contribution < 1.29 is 33.3 Å². The molecule has 1 fully saturated rings. The number of amides is 2. The van der Waals surface area contributed by atoms with Gasteiger partial charge in [-0.3, -0.25) is 0 Å². The quantitative estimate of drug-likeness (QED) is 0.574. The highest BCUT2D eigenvalue weighted by Crippen LogP contribution is 2.51. The van der Waals surface area contributed by atoms with Crippen LogP contribution in [0.2, 0.25) is 0 Å². The number of nitrogens with zero attached hydrogens (tertiary/aromatic N) is 3. The van der Waals surface area contributed by atoms with Gasteiger partial charge in [-0.15, -0.1) is 0 Å². The third kappa shape index (κ3) is 4.29. The lowest BCUT2D eigenvalue weighted by molar-refractivity contribution is -0.0183. The Morgan fingerprint density at radius 3 is 2.83 bits per heavy atom. The van der Waals surface area contributed by atoms with Crippen molar-refractivity contribution >= 4 is 18.2 Å². The van der Waals surface area contributed by atoms with Crippen molar-refractivity contribution in [3.05, 3.63) is 48.0 Å². The van der Waals surface area contributed by atoms with Gasteiger partial charge in [0.2, 0.25) is 5.95 Å². The number of aliphatic imine (C=N–C) groups is 1. The van der Waals surface area contributed by atoms with Gasteiger partial charge < -0.3 is 24.2 Å². The van der Waals surface area contributed by atoms with Crippen LogP contribution < -0.4 is 10.1 Å². The lowest BCUT2D eigenvalue weighted by Crippen LogP contribution is -2.57. The Balaban J connectivity index is 1.58. The molecule has 2 aromatic rings.